The van der Waals surface area contributed by atoms with Gasteiger partial charge in [0, 0.05) is 0 Å². The lowest BCUT2D eigenvalue weighted by Crippen LogP contribution is -2.24. The van der Waals surface area contributed by atoms with Crippen molar-refractivity contribution in [3.63, 3.8) is 0 Å². The van der Waals surface area contributed by atoms with Gasteiger partial charge in [-0.2, -0.15) is 0 Å². The molecule has 0 spiro atoms. The predicted molar refractivity (Wildman–Crippen MR) is 79.9 cm³/mol. The van der Waals surface area contributed by atoms with Crippen molar-refractivity contribution in [2.45, 2.75) is 60.8 Å². The molecule has 0 bridgehead atoms. The molecule has 0 amide bonds. The summed E-state index contributed by atoms with van der Waals surface area (Å²) in [5.41, 5.74) is 2.48. The first kappa shape index (κ1) is 16.0. The highest BCUT2D eigenvalue weighted by Crippen LogP contribution is 2.31. The molecule has 0 aromatic heterocycles. The highest BCUT2D eigenvalue weighted by Gasteiger charge is 2.24. The zero-order valence-corrected chi connectivity index (χ0v) is 13.3. The summed E-state index contributed by atoms with van der Waals surface area (Å²) in [6.45, 7) is 12.8. The zero-order valence-electron chi connectivity index (χ0n) is 13.3. The fourth-order valence-corrected chi connectivity index (χ4v) is 2.11. The van der Waals surface area contributed by atoms with Crippen LogP contribution in [0.2, 0.25) is 0 Å². The molecule has 0 saturated carbocycles. The van der Waals surface area contributed by atoms with Crippen LogP contribution in [0.1, 0.15) is 60.8 Å². The van der Waals surface area contributed by atoms with E-state index in [4.69, 9.17) is 4.74 Å². The number of ether oxygens (including phenoxy) is 1. The molecule has 0 aliphatic heterocycles. The molecule has 0 radical (unpaired) electrons. The summed E-state index contributed by atoms with van der Waals surface area (Å²) in [7, 11) is 0. The highest BCUT2D eigenvalue weighted by atomic mass is 16.5. The number of allylic oxidation sites excluding steroid dienone is 2. The second-order valence-electron chi connectivity index (χ2n) is 7.63. The average Bonchev–Trinajstić information content (AvgIpc) is 2.24. The average molecular weight is 264 g/mol. The zero-order chi connectivity index (χ0) is 14.7. The van der Waals surface area contributed by atoms with Crippen LogP contribution in [0, 0.1) is 10.8 Å². The Morgan fingerprint density at radius 1 is 1.21 bits per heavy atom. The topological polar surface area (TPSA) is 26.3 Å². The quantitative estimate of drug-likeness (QED) is 0.693. The minimum atomic E-state index is -0.427. The van der Waals surface area contributed by atoms with Crippen molar-refractivity contribution >= 4 is 5.97 Å². The summed E-state index contributed by atoms with van der Waals surface area (Å²) < 4.78 is 5.44. The van der Waals surface area contributed by atoms with Gasteiger partial charge in [0.05, 0.1) is 5.41 Å². The van der Waals surface area contributed by atoms with Gasteiger partial charge in [0.15, 0.2) is 0 Å². The molecule has 0 aromatic carbocycles. The second kappa shape index (κ2) is 5.94. The molecule has 0 atom stereocenters. The molecule has 1 aliphatic carbocycles. The Balaban J connectivity index is 2.72. The minimum Gasteiger partial charge on any atom is -0.460 e. The molecular formula is C17H28O2. The molecule has 2 heteroatoms. The molecular weight excluding hydrogens is 236 g/mol. The van der Waals surface area contributed by atoms with Crippen LogP contribution in [0.15, 0.2) is 23.3 Å². The number of esters is 1. The van der Waals surface area contributed by atoms with Gasteiger partial charge >= 0.3 is 5.97 Å². The minimum absolute atomic E-state index is 0.130. The van der Waals surface area contributed by atoms with Gasteiger partial charge in [0.25, 0.3) is 0 Å². The fraction of sp³-hybridized carbons (Fsp3) is 0.706. The van der Waals surface area contributed by atoms with E-state index in [-0.39, 0.29) is 11.4 Å². The van der Waals surface area contributed by atoms with E-state index in [0.29, 0.717) is 6.61 Å². The van der Waals surface area contributed by atoms with Crippen LogP contribution < -0.4 is 0 Å². The van der Waals surface area contributed by atoms with E-state index in [9.17, 15) is 4.79 Å². The van der Waals surface area contributed by atoms with Gasteiger partial charge in [0.1, 0.15) is 6.61 Å². The van der Waals surface area contributed by atoms with Crippen molar-refractivity contribution in [2.24, 2.45) is 10.8 Å². The molecule has 1 aliphatic rings. The van der Waals surface area contributed by atoms with Gasteiger partial charge in [0.2, 0.25) is 0 Å². The summed E-state index contributed by atoms with van der Waals surface area (Å²) >= 11 is 0. The first-order valence-electron chi connectivity index (χ1n) is 7.14. The third-order valence-electron chi connectivity index (χ3n) is 3.10. The first-order valence-corrected chi connectivity index (χ1v) is 7.14. The summed E-state index contributed by atoms with van der Waals surface area (Å²) in [4.78, 5) is 11.8. The highest BCUT2D eigenvalue weighted by molar-refractivity contribution is 5.75. The number of rotatable bonds is 3. The molecule has 2 nitrogen and oxygen atoms in total. The molecule has 0 N–H and O–H groups in total. The van der Waals surface area contributed by atoms with E-state index < -0.39 is 5.41 Å². The largest absolute Gasteiger partial charge is 0.460 e. The number of carbonyl (C=O) groups is 1. The Labute approximate surface area is 117 Å². The van der Waals surface area contributed by atoms with Gasteiger partial charge in [-0.05, 0) is 51.0 Å². The van der Waals surface area contributed by atoms with Crippen molar-refractivity contribution in [2.75, 3.05) is 6.61 Å². The lowest BCUT2D eigenvalue weighted by atomic mass is 9.83. The Kier molecular flexibility index (Phi) is 5.00. The van der Waals surface area contributed by atoms with Crippen molar-refractivity contribution in [3.8, 4) is 0 Å². The molecule has 19 heavy (non-hydrogen) atoms. The normalized spacial score (nSPS) is 16.7. The summed E-state index contributed by atoms with van der Waals surface area (Å²) in [6, 6.07) is 0. The lowest BCUT2D eigenvalue weighted by Gasteiger charge is -2.25. The van der Waals surface area contributed by atoms with Gasteiger partial charge in [-0.25, -0.2) is 0 Å². The van der Waals surface area contributed by atoms with Crippen LogP contribution in [-0.4, -0.2) is 12.6 Å². The summed E-state index contributed by atoms with van der Waals surface area (Å²) in [6.07, 6.45) is 7.56. The second-order valence-corrected chi connectivity index (χ2v) is 7.63. The Hall–Kier alpha value is -1.05. The number of carbonyl (C=O) groups excluding carboxylic acids is 1. The maximum atomic E-state index is 11.8. The maximum Gasteiger partial charge on any atom is 0.311 e. The van der Waals surface area contributed by atoms with Gasteiger partial charge in [-0.15, -0.1) is 0 Å². The smallest absolute Gasteiger partial charge is 0.311 e. The van der Waals surface area contributed by atoms with Gasteiger partial charge < -0.3 is 4.74 Å². The SMILES string of the molecule is CC(C)(C)CC1=C(COC(=O)C(C)(C)C)C=CCC1. The first-order chi connectivity index (χ1) is 8.59. The van der Waals surface area contributed by atoms with Crippen LogP contribution in [0.4, 0.5) is 0 Å². The van der Waals surface area contributed by atoms with Crippen molar-refractivity contribution in [1.82, 2.24) is 0 Å². The predicted octanol–water partition coefficient (Wildman–Crippen LogP) is 4.66. The molecule has 108 valence electrons. The number of hydrogen-bond donors (Lipinski definition) is 0. The molecule has 0 unspecified atom stereocenters. The van der Waals surface area contributed by atoms with E-state index in [1.54, 1.807) is 0 Å². The monoisotopic (exact) mass is 264 g/mol. The number of hydrogen-bond acceptors (Lipinski definition) is 2. The van der Waals surface area contributed by atoms with E-state index >= 15 is 0 Å². The maximum absolute atomic E-state index is 11.8. The van der Waals surface area contributed by atoms with Crippen molar-refractivity contribution < 1.29 is 9.53 Å². The van der Waals surface area contributed by atoms with Gasteiger partial charge in [-0.1, -0.05) is 38.5 Å². The Morgan fingerprint density at radius 2 is 1.84 bits per heavy atom. The third kappa shape index (κ3) is 5.63. The van der Waals surface area contributed by atoms with Crippen molar-refractivity contribution in [3.05, 3.63) is 23.3 Å². The van der Waals surface area contributed by atoms with E-state index in [1.165, 1.54) is 11.1 Å². The van der Waals surface area contributed by atoms with Crippen LogP contribution in [0.3, 0.4) is 0 Å². The Morgan fingerprint density at radius 3 is 2.37 bits per heavy atom. The molecule has 0 heterocycles. The summed E-state index contributed by atoms with van der Waals surface area (Å²) in [5.74, 6) is -0.130. The van der Waals surface area contributed by atoms with Crippen LogP contribution in [0.25, 0.3) is 0 Å². The van der Waals surface area contributed by atoms with Crippen LogP contribution >= 0.6 is 0 Å². The van der Waals surface area contributed by atoms with Crippen LogP contribution in [-0.2, 0) is 9.53 Å². The fourth-order valence-electron chi connectivity index (χ4n) is 2.11. The Bertz CT molecular complexity index is 386. The van der Waals surface area contributed by atoms with E-state index in [1.807, 2.05) is 20.8 Å². The van der Waals surface area contributed by atoms with Gasteiger partial charge in [-0.3, -0.25) is 4.79 Å². The molecule has 0 saturated heterocycles. The molecule has 0 aromatic rings. The lowest BCUT2D eigenvalue weighted by molar-refractivity contribution is -0.151. The van der Waals surface area contributed by atoms with E-state index in [2.05, 4.69) is 32.9 Å². The molecule has 0 fully saturated rings. The molecule has 1 rings (SSSR count). The van der Waals surface area contributed by atoms with E-state index in [0.717, 1.165) is 19.3 Å². The van der Waals surface area contributed by atoms with Crippen LogP contribution in [0.5, 0.6) is 0 Å². The third-order valence-corrected chi connectivity index (χ3v) is 3.10. The standard InChI is InChI=1S/C17H28O2/c1-16(2,3)11-13-9-7-8-10-14(13)12-19-15(18)17(4,5)6/h8,10H,7,9,11-12H2,1-6H3. The van der Waals surface area contributed by atoms with Crippen molar-refractivity contribution in [1.29, 1.82) is 0 Å². The summed E-state index contributed by atoms with van der Waals surface area (Å²) in [5, 5.41) is 0.